The van der Waals surface area contributed by atoms with Crippen molar-refractivity contribution in [2.45, 2.75) is 56.2 Å². The monoisotopic (exact) mass is 251 g/mol. The molecule has 0 aliphatic heterocycles. The lowest BCUT2D eigenvalue weighted by atomic mass is 10.3. The van der Waals surface area contributed by atoms with Crippen LogP contribution in [0.2, 0.25) is 0 Å². The summed E-state index contributed by atoms with van der Waals surface area (Å²) in [5.74, 6) is 2.84. The fraction of sp³-hybridized carbons (Fsp3) is 0.769. The summed E-state index contributed by atoms with van der Waals surface area (Å²) < 4.78 is 2.51. The van der Waals surface area contributed by atoms with E-state index in [1.807, 2.05) is 11.8 Å². The quantitative estimate of drug-likeness (QED) is 0.893. The van der Waals surface area contributed by atoms with Crippen LogP contribution in [0, 0.1) is 0 Å². The molecule has 0 saturated heterocycles. The molecule has 0 unspecified atom stereocenters. The minimum absolute atomic E-state index is 0.244. The van der Waals surface area contributed by atoms with E-state index in [-0.39, 0.29) is 4.75 Å². The molecule has 94 valence electrons. The molecule has 1 aromatic heterocycles. The zero-order valence-corrected chi connectivity index (χ0v) is 11.7. The maximum absolute atomic E-state index is 6.36. The van der Waals surface area contributed by atoms with E-state index in [0.717, 1.165) is 5.82 Å². The summed E-state index contributed by atoms with van der Waals surface area (Å²) >= 11 is 1.92. The van der Waals surface area contributed by atoms with E-state index in [4.69, 9.17) is 10.7 Å². The number of anilines is 1. The van der Waals surface area contributed by atoms with Crippen LogP contribution in [0.5, 0.6) is 0 Å². The summed E-state index contributed by atoms with van der Waals surface area (Å²) in [7, 11) is 0. The molecule has 1 aromatic rings. The van der Waals surface area contributed by atoms with Crippen LogP contribution in [-0.4, -0.2) is 15.8 Å². The number of nitrogens with two attached hydrogens (primary N) is 1. The van der Waals surface area contributed by atoms with Crippen molar-refractivity contribution in [3.05, 3.63) is 11.5 Å². The van der Waals surface area contributed by atoms with Gasteiger partial charge in [-0.1, -0.05) is 0 Å². The largest absolute Gasteiger partial charge is 0.383 e. The van der Waals surface area contributed by atoms with E-state index in [1.165, 1.54) is 37.2 Å². The Morgan fingerprint density at radius 1 is 1.41 bits per heavy atom. The van der Waals surface area contributed by atoms with Gasteiger partial charge in [-0.05, 0) is 45.8 Å². The Hall–Kier alpha value is -0.640. The van der Waals surface area contributed by atoms with Crippen LogP contribution in [0.3, 0.4) is 0 Å². The fourth-order valence-electron chi connectivity index (χ4n) is 2.62. The molecule has 0 bridgehead atoms. The average Bonchev–Trinajstić information content (AvgIpc) is 3.18. The highest BCUT2D eigenvalue weighted by Crippen LogP contribution is 2.58. The van der Waals surface area contributed by atoms with Crippen LogP contribution in [-0.2, 0) is 4.75 Å². The van der Waals surface area contributed by atoms with E-state index < -0.39 is 0 Å². The van der Waals surface area contributed by atoms with Crippen LogP contribution >= 0.6 is 11.8 Å². The molecule has 1 heterocycles. The number of rotatable bonds is 4. The summed E-state index contributed by atoms with van der Waals surface area (Å²) in [5.41, 5.74) is 7.53. The zero-order valence-electron chi connectivity index (χ0n) is 10.9. The Kier molecular flexibility index (Phi) is 2.47. The number of nitrogen functional groups attached to an aromatic ring is 1. The molecule has 0 aromatic carbocycles. The van der Waals surface area contributed by atoms with Gasteiger partial charge in [0.1, 0.15) is 11.6 Å². The first-order chi connectivity index (χ1) is 8.09. The van der Waals surface area contributed by atoms with Gasteiger partial charge < -0.3 is 10.3 Å². The fourth-order valence-corrected chi connectivity index (χ4v) is 3.48. The zero-order chi connectivity index (χ0) is 12.2. The summed E-state index contributed by atoms with van der Waals surface area (Å²) in [5, 5.41) is 0. The lowest BCUT2D eigenvalue weighted by Gasteiger charge is -2.14. The molecule has 0 radical (unpaired) electrons. The van der Waals surface area contributed by atoms with Crippen LogP contribution < -0.4 is 5.73 Å². The summed E-state index contributed by atoms with van der Waals surface area (Å²) in [4.78, 5) is 4.92. The average molecular weight is 251 g/mol. The second-order valence-electron chi connectivity index (χ2n) is 5.64. The SMILES string of the molecule is CSC1(c2nc(C3CC3)n(C(C)C)c2N)CC1. The van der Waals surface area contributed by atoms with Crippen LogP contribution in [0.15, 0.2) is 0 Å². The Labute approximate surface area is 107 Å². The third-order valence-electron chi connectivity index (χ3n) is 3.96. The highest BCUT2D eigenvalue weighted by molar-refractivity contribution is 7.99. The number of hydrogen-bond acceptors (Lipinski definition) is 3. The molecule has 17 heavy (non-hydrogen) atoms. The van der Waals surface area contributed by atoms with Crippen molar-refractivity contribution < 1.29 is 0 Å². The molecule has 2 N–H and O–H groups in total. The molecule has 2 aliphatic carbocycles. The Morgan fingerprint density at radius 3 is 2.47 bits per heavy atom. The number of thioether (sulfide) groups is 1. The van der Waals surface area contributed by atoms with Gasteiger partial charge in [0.2, 0.25) is 0 Å². The van der Waals surface area contributed by atoms with E-state index in [9.17, 15) is 0 Å². The van der Waals surface area contributed by atoms with Crippen molar-refractivity contribution in [1.82, 2.24) is 9.55 Å². The Balaban J connectivity index is 2.08. The van der Waals surface area contributed by atoms with Crippen molar-refractivity contribution in [1.29, 1.82) is 0 Å². The van der Waals surface area contributed by atoms with Gasteiger partial charge in [-0.2, -0.15) is 11.8 Å². The van der Waals surface area contributed by atoms with Gasteiger partial charge in [0.25, 0.3) is 0 Å². The molecule has 0 amide bonds. The molecule has 3 nitrogen and oxygen atoms in total. The van der Waals surface area contributed by atoms with E-state index in [2.05, 4.69) is 24.7 Å². The van der Waals surface area contributed by atoms with E-state index >= 15 is 0 Å². The molecule has 3 rings (SSSR count). The third-order valence-corrected chi connectivity index (χ3v) is 5.34. The minimum Gasteiger partial charge on any atom is -0.383 e. The second-order valence-corrected chi connectivity index (χ2v) is 6.83. The highest BCUT2D eigenvalue weighted by Gasteiger charge is 2.48. The van der Waals surface area contributed by atoms with Crippen LogP contribution in [0.25, 0.3) is 0 Å². The predicted octanol–water partition coefficient (Wildman–Crippen LogP) is 3.28. The molecule has 4 heteroatoms. The smallest absolute Gasteiger partial charge is 0.128 e. The van der Waals surface area contributed by atoms with Gasteiger partial charge >= 0.3 is 0 Å². The number of hydrogen-bond donors (Lipinski definition) is 1. The lowest BCUT2D eigenvalue weighted by Crippen LogP contribution is -2.10. The van der Waals surface area contributed by atoms with Gasteiger partial charge in [-0.3, -0.25) is 0 Å². The topological polar surface area (TPSA) is 43.8 Å². The van der Waals surface area contributed by atoms with Crippen molar-refractivity contribution in [2.75, 3.05) is 12.0 Å². The summed E-state index contributed by atoms with van der Waals surface area (Å²) in [6.45, 7) is 4.40. The van der Waals surface area contributed by atoms with Gasteiger partial charge in [-0.15, -0.1) is 0 Å². The molecule has 0 spiro atoms. The first-order valence-electron chi connectivity index (χ1n) is 6.52. The standard InChI is InChI=1S/C13H21N3S/c1-8(2)16-11(14)10(13(17-3)6-7-13)15-12(16)9-4-5-9/h8-9H,4-7,14H2,1-3H3. The predicted molar refractivity (Wildman–Crippen MR) is 73.4 cm³/mol. The second kappa shape index (κ2) is 3.67. The maximum Gasteiger partial charge on any atom is 0.128 e. The number of aromatic nitrogens is 2. The molecular formula is C13H21N3S. The number of nitrogens with zero attached hydrogens (tertiary/aromatic N) is 2. The minimum atomic E-state index is 0.244. The molecular weight excluding hydrogens is 230 g/mol. The Bertz CT molecular complexity index is 442. The third kappa shape index (κ3) is 1.68. The van der Waals surface area contributed by atoms with Crippen molar-refractivity contribution in [3.63, 3.8) is 0 Å². The van der Waals surface area contributed by atoms with Crippen LogP contribution in [0.1, 0.15) is 63.0 Å². The summed E-state index contributed by atoms with van der Waals surface area (Å²) in [6.07, 6.45) is 7.22. The maximum atomic E-state index is 6.36. The first kappa shape index (κ1) is 11.5. The van der Waals surface area contributed by atoms with Gasteiger partial charge in [-0.25, -0.2) is 4.98 Å². The van der Waals surface area contributed by atoms with Gasteiger partial charge in [0.15, 0.2) is 0 Å². The van der Waals surface area contributed by atoms with E-state index in [0.29, 0.717) is 12.0 Å². The molecule has 2 fully saturated rings. The number of imidazole rings is 1. The van der Waals surface area contributed by atoms with Gasteiger partial charge in [0.05, 0.1) is 10.4 Å². The van der Waals surface area contributed by atoms with Crippen molar-refractivity contribution >= 4 is 17.6 Å². The van der Waals surface area contributed by atoms with Crippen LogP contribution in [0.4, 0.5) is 5.82 Å². The Morgan fingerprint density at radius 2 is 2.06 bits per heavy atom. The molecule has 2 saturated carbocycles. The first-order valence-corrected chi connectivity index (χ1v) is 7.75. The van der Waals surface area contributed by atoms with E-state index in [1.54, 1.807) is 0 Å². The summed E-state index contributed by atoms with van der Waals surface area (Å²) in [6, 6.07) is 0.421. The normalized spacial score (nSPS) is 22.1. The highest BCUT2D eigenvalue weighted by atomic mass is 32.2. The van der Waals surface area contributed by atoms with Crippen molar-refractivity contribution in [2.24, 2.45) is 0 Å². The van der Waals surface area contributed by atoms with Gasteiger partial charge in [0, 0.05) is 12.0 Å². The molecule has 0 atom stereocenters. The lowest BCUT2D eigenvalue weighted by molar-refractivity contribution is 0.576. The molecule has 2 aliphatic rings. The van der Waals surface area contributed by atoms with Crippen molar-refractivity contribution in [3.8, 4) is 0 Å².